The van der Waals surface area contributed by atoms with Gasteiger partial charge in [0.25, 0.3) is 0 Å². The zero-order valence-corrected chi connectivity index (χ0v) is 11.0. The fourth-order valence-electron chi connectivity index (χ4n) is 2.34. The van der Waals surface area contributed by atoms with Gasteiger partial charge in [-0.15, -0.1) is 0 Å². The van der Waals surface area contributed by atoms with Crippen molar-refractivity contribution in [3.05, 3.63) is 42.5 Å². The Hall–Kier alpha value is -1.73. The van der Waals surface area contributed by atoms with E-state index in [0.29, 0.717) is 23.7 Å². The van der Waals surface area contributed by atoms with Gasteiger partial charge in [0, 0.05) is 6.54 Å². The maximum atomic E-state index is 12.6. The Balaban J connectivity index is 1.97. The SMILES string of the molecule is O=S(=O)(c1ccccc1)N1CCCC1c1ncon1. The molecule has 0 bridgehead atoms. The van der Waals surface area contributed by atoms with E-state index in [1.165, 1.54) is 10.7 Å². The topological polar surface area (TPSA) is 76.3 Å². The van der Waals surface area contributed by atoms with Gasteiger partial charge in [0.15, 0.2) is 5.82 Å². The quantitative estimate of drug-likeness (QED) is 0.852. The number of nitrogens with zero attached hydrogens (tertiary/aromatic N) is 3. The van der Waals surface area contributed by atoms with Crippen molar-refractivity contribution in [1.82, 2.24) is 14.4 Å². The van der Waals surface area contributed by atoms with Crippen LogP contribution in [0.5, 0.6) is 0 Å². The highest BCUT2D eigenvalue weighted by Gasteiger charge is 2.38. The minimum Gasteiger partial charge on any atom is -0.343 e. The molecule has 19 heavy (non-hydrogen) atoms. The van der Waals surface area contributed by atoms with E-state index in [1.807, 2.05) is 0 Å². The van der Waals surface area contributed by atoms with Crippen molar-refractivity contribution in [3.8, 4) is 0 Å². The summed E-state index contributed by atoms with van der Waals surface area (Å²) >= 11 is 0. The van der Waals surface area contributed by atoms with Crippen LogP contribution in [0.25, 0.3) is 0 Å². The van der Waals surface area contributed by atoms with Crippen molar-refractivity contribution in [2.24, 2.45) is 0 Å². The summed E-state index contributed by atoms with van der Waals surface area (Å²) in [6, 6.07) is 8.09. The van der Waals surface area contributed by atoms with E-state index in [4.69, 9.17) is 4.52 Å². The summed E-state index contributed by atoms with van der Waals surface area (Å²) in [6.45, 7) is 0.483. The van der Waals surface area contributed by atoms with Crippen molar-refractivity contribution in [2.75, 3.05) is 6.54 Å². The average molecular weight is 279 g/mol. The second-order valence-electron chi connectivity index (χ2n) is 4.38. The first-order valence-electron chi connectivity index (χ1n) is 6.03. The minimum atomic E-state index is -3.50. The number of sulfonamides is 1. The van der Waals surface area contributed by atoms with Crippen molar-refractivity contribution in [1.29, 1.82) is 0 Å². The molecular weight excluding hydrogens is 266 g/mol. The minimum absolute atomic E-state index is 0.297. The molecule has 1 aromatic carbocycles. The molecule has 0 radical (unpaired) electrons. The molecule has 2 heterocycles. The van der Waals surface area contributed by atoms with Crippen LogP contribution >= 0.6 is 0 Å². The molecule has 1 aliphatic heterocycles. The lowest BCUT2D eigenvalue weighted by atomic mass is 10.2. The van der Waals surface area contributed by atoms with Crippen LogP contribution in [0.15, 0.2) is 46.1 Å². The maximum Gasteiger partial charge on any atom is 0.243 e. The zero-order valence-electron chi connectivity index (χ0n) is 10.1. The lowest BCUT2D eigenvalue weighted by molar-refractivity contribution is 0.356. The second kappa shape index (κ2) is 4.75. The van der Waals surface area contributed by atoms with Gasteiger partial charge in [-0.2, -0.15) is 9.29 Å². The molecule has 1 saturated heterocycles. The third-order valence-electron chi connectivity index (χ3n) is 3.23. The maximum absolute atomic E-state index is 12.6. The third-order valence-corrected chi connectivity index (χ3v) is 5.15. The van der Waals surface area contributed by atoms with Gasteiger partial charge in [-0.1, -0.05) is 23.4 Å². The standard InChI is InChI=1S/C12H13N3O3S/c16-19(17,10-5-2-1-3-6-10)15-8-4-7-11(15)12-13-9-18-14-12/h1-3,5-6,9,11H,4,7-8H2. The summed E-state index contributed by atoms with van der Waals surface area (Å²) in [5.74, 6) is 0.428. The summed E-state index contributed by atoms with van der Waals surface area (Å²) in [5.41, 5.74) is 0. The van der Waals surface area contributed by atoms with Crippen LogP contribution in [0.2, 0.25) is 0 Å². The van der Waals surface area contributed by atoms with E-state index < -0.39 is 10.0 Å². The highest BCUT2D eigenvalue weighted by Crippen LogP contribution is 2.34. The van der Waals surface area contributed by atoms with E-state index in [1.54, 1.807) is 30.3 Å². The van der Waals surface area contributed by atoms with Gasteiger partial charge < -0.3 is 4.52 Å². The van der Waals surface area contributed by atoms with E-state index in [-0.39, 0.29) is 6.04 Å². The Morgan fingerprint density at radius 2 is 2.05 bits per heavy atom. The van der Waals surface area contributed by atoms with Gasteiger partial charge >= 0.3 is 0 Å². The van der Waals surface area contributed by atoms with Gasteiger partial charge in [-0.3, -0.25) is 0 Å². The normalized spacial score (nSPS) is 20.7. The number of hydrogen-bond acceptors (Lipinski definition) is 5. The van der Waals surface area contributed by atoms with Gasteiger partial charge in [0.05, 0.1) is 10.9 Å². The first-order valence-corrected chi connectivity index (χ1v) is 7.47. The first kappa shape index (κ1) is 12.3. The molecular formula is C12H13N3O3S. The highest BCUT2D eigenvalue weighted by molar-refractivity contribution is 7.89. The van der Waals surface area contributed by atoms with Gasteiger partial charge in [-0.25, -0.2) is 8.42 Å². The lowest BCUT2D eigenvalue weighted by Crippen LogP contribution is -2.31. The van der Waals surface area contributed by atoms with E-state index in [0.717, 1.165) is 6.42 Å². The lowest BCUT2D eigenvalue weighted by Gasteiger charge is -2.21. The largest absolute Gasteiger partial charge is 0.343 e. The summed E-state index contributed by atoms with van der Waals surface area (Å²) < 4.78 is 31.3. The molecule has 0 N–H and O–H groups in total. The van der Waals surface area contributed by atoms with E-state index >= 15 is 0 Å². The second-order valence-corrected chi connectivity index (χ2v) is 6.27. The molecule has 1 fully saturated rings. The third kappa shape index (κ3) is 2.15. The molecule has 3 rings (SSSR count). The molecule has 100 valence electrons. The van der Waals surface area contributed by atoms with Crippen LogP contribution < -0.4 is 0 Å². The number of aromatic nitrogens is 2. The Labute approximate surface area is 111 Å². The number of benzene rings is 1. The zero-order chi connectivity index (χ0) is 13.3. The van der Waals surface area contributed by atoms with Crippen molar-refractivity contribution < 1.29 is 12.9 Å². The molecule has 1 atom stereocenters. The first-order chi connectivity index (χ1) is 9.19. The van der Waals surface area contributed by atoms with E-state index in [9.17, 15) is 8.42 Å². The van der Waals surface area contributed by atoms with Gasteiger partial charge in [-0.05, 0) is 25.0 Å². The molecule has 1 aliphatic rings. The van der Waals surface area contributed by atoms with Crippen LogP contribution in [0.4, 0.5) is 0 Å². The molecule has 7 heteroatoms. The van der Waals surface area contributed by atoms with Gasteiger partial charge in [0.2, 0.25) is 16.4 Å². The molecule has 1 aromatic heterocycles. The summed E-state index contributed by atoms with van der Waals surface area (Å²) in [7, 11) is -3.50. The van der Waals surface area contributed by atoms with Crippen LogP contribution in [-0.4, -0.2) is 29.4 Å². The summed E-state index contributed by atoms with van der Waals surface area (Å²) in [5, 5.41) is 3.76. The Kier molecular flexibility index (Phi) is 3.08. The fourth-order valence-corrected chi connectivity index (χ4v) is 4.02. The average Bonchev–Trinajstić information content (AvgIpc) is 3.10. The predicted molar refractivity (Wildman–Crippen MR) is 66.6 cm³/mol. The molecule has 1 unspecified atom stereocenters. The molecule has 0 amide bonds. The van der Waals surface area contributed by atoms with E-state index in [2.05, 4.69) is 10.1 Å². The van der Waals surface area contributed by atoms with Crippen LogP contribution in [0.1, 0.15) is 24.7 Å². The fraction of sp³-hybridized carbons (Fsp3) is 0.333. The predicted octanol–water partition coefficient (Wildman–Crippen LogP) is 1.60. The smallest absolute Gasteiger partial charge is 0.243 e. The number of rotatable bonds is 3. The van der Waals surface area contributed by atoms with Crippen LogP contribution in [0.3, 0.4) is 0 Å². The monoisotopic (exact) mass is 279 g/mol. The van der Waals surface area contributed by atoms with Crippen molar-refractivity contribution in [3.63, 3.8) is 0 Å². The Morgan fingerprint density at radius 3 is 2.74 bits per heavy atom. The molecule has 2 aromatic rings. The molecule has 0 aliphatic carbocycles. The molecule has 0 saturated carbocycles. The molecule has 6 nitrogen and oxygen atoms in total. The Bertz CT molecular complexity index is 640. The van der Waals surface area contributed by atoms with Crippen LogP contribution in [-0.2, 0) is 10.0 Å². The number of hydrogen-bond donors (Lipinski definition) is 0. The summed E-state index contributed by atoms with van der Waals surface area (Å²) in [4.78, 5) is 4.27. The highest BCUT2D eigenvalue weighted by atomic mass is 32.2. The van der Waals surface area contributed by atoms with Crippen molar-refractivity contribution in [2.45, 2.75) is 23.8 Å². The Morgan fingerprint density at radius 1 is 1.26 bits per heavy atom. The van der Waals surface area contributed by atoms with Crippen molar-refractivity contribution >= 4 is 10.0 Å². The van der Waals surface area contributed by atoms with Crippen LogP contribution in [0, 0.1) is 0 Å². The van der Waals surface area contributed by atoms with Gasteiger partial charge in [0.1, 0.15) is 0 Å². The summed E-state index contributed by atoms with van der Waals surface area (Å²) in [6.07, 6.45) is 2.73. The molecule has 0 spiro atoms.